The lowest BCUT2D eigenvalue weighted by Gasteiger charge is -2.30. The first kappa shape index (κ1) is 22.5. The van der Waals surface area contributed by atoms with Crippen molar-refractivity contribution >= 4 is 35.7 Å². The molecule has 9 heteroatoms. The van der Waals surface area contributed by atoms with Gasteiger partial charge in [-0.25, -0.2) is 14.8 Å². The molecule has 1 aliphatic rings. The van der Waals surface area contributed by atoms with Crippen molar-refractivity contribution in [2.75, 3.05) is 43.0 Å². The van der Waals surface area contributed by atoms with Crippen LogP contribution in [0.3, 0.4) is 0 Å². The van der Waals surface area contributed by atoms with E-state index < -0.39 is 5.97 Å². The number of carbonyl (C=O) groups excluding carboxylic acids is 1. The third-order valence-corrected chi connectivity index (χ3v) is 4.72. The number of nitrogens with one attached hydrogen (secondary N) is 2. The van der Waals surface area contributed by atoms with Crippen LogP contribution in [0.15, 0.2) is 54.7 Å². The second-order valence-electron chi connectivity index (χ2n) is 6.76. The van der Waals surface area contributed by atoms with Gasteiger partial charge in [0.25, 0.3) is 0 Å². The highest BCUT2D eigenvalue weighted by molar-refractivity contribution is 6.01. The number of para-hydroxylation sites is 1. The van der Waals surface area contributed by atoms with Crippen molar-refractivity contribution in [1.29, 1.82) is 0 Å². The maximum atomic E-state index is 13.0. The van der Waals surface area contributed by atoms with Crippen LogP contribution in [-0.4, -0.2) is 53.7 Å². The molecule has 4 rings (SSSR count). The minimum atomic E-state index is -0.447. The summed E-state index contributed by atoms with van der Waals surface area (Å²) < 4.78 is 5.37. The molecule has 0 atom stereocenters. The van der Waals surface area contributed by atoms with Crippen LogP contribution in [0.1, 0.15) is 17.3 Å². The summed E-state index contributed by atoms with van der Waals surface area (Å²) >= 11 is 0. The molecule has 0 bridgehead atoms. The van der Waals surface area contributed by atoms with Crippen LogP contribution >= 0.6 is 12.4 Å². The lowest BCUT2D eigenvalue weighted by molar-refractivity contribution is 0.0527. The molecule has 8 nitrogen and oxygen atoms in total. The van der Waals surface area contributed by atoms with Crippen molar-refractivity contribution in [3.05, 3.63) is 60.3 Å². The van der Waals surface area contributed by atoms with E-state index >= 15 is 0 Å². The van der Waals surface area contributed by atoms with Gasteiger partial charge in [0.05, 0.1) is 6.61 Å². The quantitative estimate of drug-likeness (QED) is 0.564. The van der Waals surface area contributed by atoms with Crippen molar-refractivity contribution in [1.82, 2.24) is 20.3 Å². The second-order valence-corrected chi connectivity index (χ2v) is 6.76. The summed E-state index contributed by atoms with van der Waals surface area (Å²) in [5.74, 6) is 0.973. The van der Waals surface area contributed by atoms with Crippen LogP contribution in [-0.2, 0) is 4.74 Å². The molecule has 2 aromatic heterocycles. The molecule has 1 saturated heterocycles. The predicted octanol–water partition coefficient (Wildman–Crippen LogP) is 3.29. The van der Waals surface area contributed by atoms with Crippen molar-refractivity contribution in [3.8, 4) is 11.5 Å². The van der Waals surface area contributed by atoms with Gasteiger partial charge in [0.2, 0.25) is 0 Å². The monoisotopic (exact) mass is 440 g/mol. The van der Waals surface area contributed by atoms with E-state index in [1.165, 1.54) is 0 Å². The number of pyridine rings is 1. The molecule has 1 aliphatic heterocycles. The smallest absolute Gasteiger partial charge is 0.345 e. The standard InChI is InChI=1S/C22H24N6O2.ClH/c1-2-30-22(29)18-20(25-16-8-4-3-5-9-16)26-19(17-10-6-7-11-24-17)27-21(18)28-14-12-23-13-15-28;/h3-11,23H,2,12-15H2,1H3,(H,25,26,27);1H. The van der Waals surface area contributed by atoms with Crippen LogP contribution in [0.5, 0.6) is 0 Å². The topological polar surface area (TPSA) is 92.3 Å². The van der Waals surface area contributed by atoms with E-state index in [2.05, 4.69) is 25.5 Å². The highest BCUT2D eigenvalue weighted by Crippen LogP contribution is 2.31. The number of aromatic nitrogens is 3. The number of piperazine rings is 1. The molecule has 162 valence electrons. The maximum Gasteiger partial charge on any atom is 0.345 e. The number of carbonyl (C=O) groups is 1. The van der Waals surface area contributed by atoms with E-state index in [4.69, 9.17) is 9.72 Å². The van der Waals surface area contributed by atoms with Crippen LogP contribution in [0, 0.1) is 0 Å². The summed E-state index contributed by atoms with van der Waals surface area (Å²) in [5, 5.41) is 6.61. The first-order chi connectivity index (χ1) is 14.8. The molecule has 3 heterocycles. The molecule has 0 amide bonds. The fraction of sp³-hybridized carbons (Fsp3) is 0.273. The summed E-state index contributed by atoms with van der Waals surface area (Å²) in [5.41, 5.74) is 1.79. The van der Waals surface area contributed by atoms with Gasteiger partial charge < -0.3 is 20.3 Å². The number of ether oxygens (including phenoxy) is 1. The van der Waals surface area contributed by atoms with E-state index in [1.54, 1.807) is 13.1 Å². The minimum Gasteiger partial charge on any atom is -0.462 e. The number of benzene rings is 1. The lowest BCUT2D eigenvalue weighted by atomic mass is 10.2. The Morgan fingerprint density at radius 2 is 1.84 bits per heavy atom. The Balaban J connectivity index is 0.00000272. The van der Waals surface area contributed by atoms with Crippen molar-refractivity contribution in [3.63, 3.8) is 0 Å². The van der Waals surface area contributed by atoms with E-state index in [1.807, 2.05) is 48.5 Å². The number of anilines is 3. The number of nitrogens with zero attached hydrogens (tertiary/aromatic N) is 4. The Bertz CT molecular complexity index is 998. The van der Waals surface area contributed by atoms with E-state index in [0.717, 1.165) is 31.9 Å². The fourth-order valence-corrected chi connectivity index (χ4v) is 3.30. The van der Waals surface area contributed by atoms with Gasteiger partial charge in [0.15, 0.2) is 11.6 Å². The molecule has 0 aliphatic carbocycles. The number of hydrogen-bond donors (Lipinski definition) is 2. The number of hydrogen-bond acceptors (Lipinski definition) is 8. The molecule has 0 unspecified atom stereocenters. The predicted molar refractivity (Wildman–Crippen MR) is 123 cm³/mol. The largest absolute Gasteiger partial charge is 0.462 e. The Labute approximate surface area is 187 Å². The minimum absolute atomic E-state index is 0. The Morgan fingerprint density at radius 3 is 2.52 bits per heavy atom. The third kappa shape index (κ3) is 5.28. The number of halogens is 1. The number of esters is 1. The van der Waals surface area contributed by atoms with Gasteiger partial charge in [-0.1, -0.05) is 24.3 Å². The molecule has 2 N–H and O–H groups in total. The zero-order valence-corrected chi connectivity index (χ0v) is 18.1. The maximum absolute atomic E-state index is 13.0. The van der Waals surface area contributed by atoms with Gasteiger partial charge in [-0.05, 0) is 31.2 Å². The highest BCUT2D eigenvalue weighted by Gasteiger charge is 2.27. The Hall–Kier alpha value is -3.23. The molecule has 31 heavy (non-hydrogen) atoms. The van der Waals surface area contributed by atoms with Crippen LogP contribution in [0.2, 0.25) is 0 Å². The highest BCUT2D eigenvalue weighted by atomic mass is 35.5. The molecule has 1 aromatic carbocycles. The summed E-state index contributed by atoms with van der Waals surface area (Å²) in [6, 6.07) is 15.2. The summed E-state index contributed by atoms with van der Waals surface area (Å²) in [6.45, 7) is 5.15. The molecule has 0 radical (unpaired) electrons. The van der Waals surface area contributed by atoms with E-state index in [0.29, 0.717) is 28.7 Å². The van der Waals surface area contributed by atoms with Crippen LogP contribution < -0.4 is 15.5 Å². The van der Waals surface area contributed by atoms with Gasteiger partial charge in [-0.3, -0.25) is 4.98 Å². The van der Waals surface area contributed by atoms with E-state index in [9.17, 15) is 4.79 Å². The zero-order chi connectivity index (χ0) is 20.8. The van der Waals surface area contributed by atoms with Gasteiger partial charge >= 0.3 is 5.97 Å². The molecule has 1 fully saturated rings. The lowest BCUT2D eigenvalue weighted by Crippen LogP contribution is -2.44. The molecule has 0 spiro atoms. The second kappa shape index (κ2) is 10.7. The molecule has 0 saturated carbocycles. The average Bonchev–Trinajstić information content (AvgIpc) is 2.80. The Kier molecular flexibility index (Phi) is 7.75. The molecule has 3 aromatic rings. The number of rotatable bonds is 6. The fourth-order valence-electron chi connectivity index (χ4n) is 3.30. The van der Waals surface area contributed by atoms with Gasteiger partial charge in [-0.2, -0.15) is 0 Å². The third-order valence-electron chi connectivity index (χ3n) is 4.72. The Morgan fingerprint density at radius 1 is 1.10 bits per heavy atom. The molecular weight excluding hydrogens is 416 g/mol. The van der Waals surface area contributed by atoms with Crippen molar-refractivity contribution < 1.29 is 9.53 Å². The summed E-state index contributed by atoms with van der Waals surface area (Å²) in [4.78, 5) is 28.9. The van der Waals surface area contributed by atoms with Gasteiger partial charge in [-0.15, -0.1) is 12.4 Å². The molecular formula is C22H25ClN6O2. The van der Waals surface area contributed by atoms with Crippen molar-refractivity contribution in [2.45, 2.75) is 6.92 Å². The first-order valence-corrected chi connectivity index (χ1v) is 10.0. The van der Waals surface area contributed by atoms with Gasteiger partial charge in [0.1, 0.15) is 17.1 Å². The SMILES string of the molecule is CCOC(=O)c1c(Nc2ccccc2)nc(-c2ccccn2)nc1N1CCNCC1.Cl. The van der Waals surface area contributed by atoms with Crippen LogP contribution in [0.25, 0.3) is 11.5 Å². The summed E-state index contributed by atoms with van der Waals surface area (Å²) in [6.07, 6.45) is 1.70. The summed E-state index contributed by atoms with van der Waals surface area (Å²) in [7, 11) is 0. The van der Waals surface area contributed by atoms with Crippen LogP contribution in [0.4, 0.5) is 17.3 Å². The van der Waals surface area contributed by atoms with E-state index in [-0.39, 0.29) is 19.0 Å². The normalized spacial score (nSPS) is 13.3. The zero-order valence-electron chi connectivity index (χ0n) is 17.2. The van der Waals surface area contributed by atoms with Crippen molar-refractivity contribution in [2.24, 2.45) is 0 Å². The first-order valence-electron chi connectivity index (χ1n) is 10.0. The average molecular weight is 441 g/mol. The van der Waals surface area contributed by atoms with Gasteiger partial charge in [0, 0.05) is 38.1 Å².